The SMILES string of the molecule is COc1ccc(C(=O)C[C@H](Sc2ccccc2N)c2ccc(OC)cc2)cc1. The van der Waals surface area contributed by atoms with E-state index in [1.807, 2.05) is 48.5 Å². The van der Waals surface area contributed by atoms with Gasteiger partial charge in [0.25, 0.3) is 0 Å². The zero-order valence-corrected chi connectivity index (χ0v) is 16.7. The Morgan fingerprint density at radius 3 is 2.04 bits per heavy atom. The molecule has 0 aliphatic heterocycles. The lowest BCUT2D eigenvalue weighted by molar-refractivity contribution is 0.0982. The van der Waals surface area contributed by atoms with Crippen LogP contribution in [-0.4, -0.2) is 20.0 Å². The van der Waals surface area contributed by atoms with Gasteiger partial charge in [-0.1, -0.05) is 24.3 Å². The van der Waals surface area contributed by atoms with Gasteiger partial charge in [-0.25, -0.2) is 0 Å². The zero-order valence-electron chi connectivity index (χ0n) is 15.9. The molecule has 3 rings (SSSR count). The normalized spacial score (nSPS) is 11.6. The van der Waals surface area contributed by atoms with Crippen LogP contribution in [-0.2, 0) is 0 Å². The molecule has 2 N–H and O–H groups in total. The van der Waals surface area contributed by atoms with Crippen LogP contribution in [0.1, 0.15) is 27.6 Å². The monoisotopic (exact) mass is 393 g/mol. The van der Waals surface area contributed by atoms with Gasteiger partial charge < -0.3 is 15.2 Å². The summed E-state index contributed by atoms with van der Waals surface area (Å²) in [6, 6.07) is 22.7. The van der Waals surface area contributed by atoms with Crippen LogP contribution in [0.5, 0.6) is 11.5 Å². The van der Waals surface area contributed by atoms with Gasteiger partial charge in [-0.3, -0.25) is 4.79 Å². The summed E-state index contributed by atoms with van der Waals surface area (Å²) >= 11 is 1.60. The zero-order chi connectivity index (χ0) is 19.9. The first-order valence-electron chi connectivity index (χ1n) is 8.93. The van der Waals surface area contributed by atoms with Crippen LogP contribution in [0.25, 0.3) is 0 Å². The highest BCUT2D eigenvalue weighted by molar-refractivity contribution is 7.99. The lowest BCUT2D eigenvalue weighted by Gasteiger charge is -2.18. The fourth-order valence-electron chi connectivity index (χ4n) is 2.85. The fourth-order valence-corrected chi connectivity index (χ4v) is 4.05. The van der Waals surface area contributed by atoms with Gasteiger partial charge in [0.2, 0.25) is 0 Å². The number of hydrogen-bond donors (Lipinski definition) is 1. The number of carbonyl (C=O) groups excluding carboxylic acids is 1. The molecule has 0 unspecified atom stereocenters. The third-order valence-electron chi connectivity index (χ3n) is 4.46. The molecule has 0 heterocycles. The maximum absolute atomic E-state index is 12.9. The highest BCUT2D eigenvalue weighted by atomic mass is 32.2. The van der Waals surface area contributed by atoms with Crippen LogP contribution in [0.15, 0.2) is 77.7 Å². The number of Topliss-reactive ketones (excluding diaryl/α,β-unsaturated/α-hetero) is 1. The molecule has 5 heteroatoms. The molecule has 3 aromatic rings. The van der Waals surface area contributed by atoms with Gasteiger partial charge >= 0.3 is 0 Å². The third-order valence-corrected chi connectivity index (χ3v) is 5.81. The number of benzene rings is 3. The van der Waals surface area contributed by atoms with Crippen LogP contribution in [0.3, 0.4) is 0 Å². The van der Waals surface area contributed by atoms with Crippen molar-refractivity contribution in [2.75, 3.05) is 20.0 Å². The van der Waals surface area contributed by atoms with E-state index in [0.29, 0.717) is 17.7 Å². The molecule has 0 bridgehead atoms. The van der Waals surface area contributed by atoms with Gasteiger partial charge in [-0.15, -0.1) is 11.8 Å². The number of para-hydroxylation sites is 1. The Bertz CT molecular complexity index is 923. The Kier molecular flexibility index (Phi) is 6.61. The number of carbonyl (C=O) groups is 1. The van der Waals surface area contributed by atoms with Crippen molar-refractivity contribution in [3.8, 4) is 11.5 Å². The number of methoxy groups -OCH3 is 2. The van der Waals surface area contributed by atoms with Gasteiger partial charge in [-0.05, 0) is 54.1 Å². The van der Waals surface area contributed by atoms with Crippen molar-refractivity contribution in [2.45, 2.75) is 16.6 Å². The van der Waals surface area contributed by atoms with Gasteiger partial charge in [0.05, 0.1) is 14.2 Å². The predicted molar refractivity (Wildman–Crippen MR) is 114 cm³/mol. The third kappa shape index (κ3) is 4.87. The molecular formula is C23H23NO3S. The number of nitrogen functional groups attached to an aromatic ring is 1. The topological polar surface area (TPSA) is 61.5 Å². The van der Waals surface area contributed by atoms with Crippen molar-refractivity contribution in [3.05, 3.63) is 83.9 Å². The van der Waals surface area contributed by atoms with Crippen molar-refractivity contribution in [1.29, 1.82) is 0 Å². The Morgan fingerprint density at radius 2 is 1.46 bits per heavy atom. The second kappa shape index (κ2) is 9.33. The lowest BCUT2D eigenvalue weighted by atomic mass is 10.0. The number of ketones is 1. The van der Waals surface area contributed by atoms with E-state index < -0.39 is 0 Å². The van der Waals surface area contributed by atoms with Gasteiger partial charge in [0.1, 0.15) is 11.5 Å². The van der Waals surface area contributed by atoms with Gasteiger partial charge in [-0.2, -0.15) is 0 Å². The Hall–Kier alpha value is -2.92. The van der Waals surface area contributed by atoms with Crippen LogP contribution in [0.4, 0.5) is 5.69 Å². The van der Waals surface area contributed by atoms with E-state index in [1.54, 1.807) is 50.2 Å². The molecule has 28 heavy (non-hydrogen) atoms. The van der Waals surface area contributed by atoms with Gasteiger partial charge in [0.15, 0.2) is 5.78 Å². The predicted octanol–water partition coefficient (Wildman–Crippen LogP) is 5.39. The van der Waals surface area contributed by atoms with Crippen LogP contribution < -0.4 is 15.2 Å². The highest BCUT2D eigenvalue weighted by Crippen LogP contribution is 2.41. The van der Waals surface area contributed by atoms with Gasteiger partial charge in [0, 0.05) is 27.8 Å². The minimum absolute atomic E-state index is 0.0646. The highest BCUT2D eigenvalue weighted by Gasteiger charge is 2.20. The Labute approximate surface area is 169 Å². The first-order chi connectivity index (χ1) is 13.6. The summed E-state index contributed by atoms with van der Waals surface area (Å²) < 4.78 is 10.4. The molecular weight excluding hydrogens is 370 g/mol. The number of hydrogen-bond acceptors (Lipinski definition) is 5. The Balaban J connectivity index is 1.85. The quantitative estimate of drug-likeness (QED) is 0.316. The molecule has 0 saturated carbocycles. The second-order valence-electron chi connectivity index (χ2n) is 6.27. The first kappa shape index (κ1) is 19.8. The summed E-state index contributed by atoms with van der Waals surface area (Å²) in [5.74, 6) is 1.59. The molecule has 0 radical (unpaired) electrons. The minimum atomic E-state index is -0.0646. The van der Waals surface area contributed by atoms with E-state index in [0.717, 1.165) is 22.0 Å². The summed E-state index contributed by atoms with van der Waals surface area (Å²) in [5, 5.41) is -0.0646. The van der Waals surface area contributed by atoms with E-state index in [2.05, 4.69) is 0 Å². The lowest BCUT2D eigenvalue weighted by Crippen LogP contribution is -2.06. The summed E-state index contributed by atoms with van der Waals surface area (Å²) in [6.07, 6.45) is 0.359. The van der Waals surface area contributed by atoms with E-state index in [4.69, 9.17) is 15.2 Å². The molecule has 0 aliphatic carbocycles. The van der Waals surface area contributed by atoms with E-state index in [-0.39, 0.29) is 11.0 Å². The summed E-state index contributed by atoms with van der Waals surface area (Å²) in [4.78, 5) is 13.9. The number of anilines is 1. The molecule has 3 aromatic carbocycles. The maximum Gasteiger partial charge on any atom is 0.164 e. The molecule has 1 atom stereocenters. The standard InChI is InChI=1S/C23H23NO3S/c1-26-18-11-7-16(8-12-18)21(25)15-23(17-9-13-19(27-2)14-10-17)28-22-6-4-3-5-20(22)24/h3-14,23H,15,24H2,1-2H3/t23-/m0/s1. The van der Waals surface area contributed by atoms with E-state index in [9.17, 15) is 4.79 Å². The summed E-state index contributed by atoms with van der Waals surface area (Å²) in [5.41, 5.74) is 8.56. The molecule has 144 valence electrons. The van der Waals surface area contributed by atoms with Crippen LogP contribution in [0, 0.1) is 0 Å². The summed E-state index contributed by atoms with van der Waals surface area (Å²) in [6.45, 7) is 0. The van der Waals surface area contributed by atoms with E-state index in [1.165, 1.54) is 0 Å². The smallest absolute Gasteiger partial charge is 0.164 e. The average molecular weight is 394 g/mol. The van der Waals surface area contributed by atoms with Crippen molar-refractivity contribution in [2.24, 2.45) is 0 Å². The minimum Gasteiger partial charge on any atom is -0.497 e. The van der Waals surface area contributed by atoms with Crippen molar-refractivity contribution < 1.29 is 14.3 Å². The van der Waals surface area contributed by atoms with E-state index >= 15 is 0 Å². The number of rotatable bonds is 8. The number of nitrogens with two attached hydrogens (primary N) is 1. The Morgan fingerprint density at radius 1 is 0.893 bits per heavy atom. The number of ether oxygens (including phenoxy) is 2. The second-order valence-corrected chi connectivity index (χ2v) is 7.52. The molecule has 0 spiro atoms. The molecule has 0 amide bonds. The van der Waals surface area contributed by atoms with Crippen molar-refractivity contribution >= 4 is 23.2 Å². The largest absolute Gasteiger partial charge is 0.497 e. The molecule has 0 fully saturated rings. The number of thioether (sulfide) groups is 1. The van der Waals surface area contributed by atoms with Crippen LogP contribution >= 0.6 is 11.8 Å². The molecule has 0 aromatic heterocycles. The van der Waals surface area contributed by atoms with Crippen LogP contribution in [0.2, 0.25) is 0 Å². The molecule has 0 aliphatic rings. The molecule has 0 saturated heterocycles. The first-order valence-corrected chi connectivity index (χ1v) is 9.81. The maximum atomic E-state index is 12.9. The average Bonchev–Trinajstić information content (AvgIpc) is 2.75. The summed E-state index contributed by atoms with van der Waals surface area (Å²) in [7, 11) is 3.25. The van der Waals surface area contributed by atoms with Crippen molar-refractivity contribution in [3.63, 3.8) is 0 Å². The fraction of sp³-hybridized carbons (Fsp3) is 0.174. The molecule has 4 nitrogen and oxygen atoms in total. The van der Waals surface area contributed by atoms with Crippen molar-refractivity contribution in [1.82, 2.24) is 0 Å².